The standard InChI is InChI=1S/2C8H12N2/c2*1-6(2)8-5-4-7(3)9-10-8/h2*4-6H,1-3H3. The van der Waals surface area contributed by atoms with Crippen LogP contribution in [-0.4, -0.2) is 20.4 Å². The summed E-state index contributed by atoms with van der Waals surface area (Å²) in [5.74, 6) is 0.959. The van der Waals surface area contributed by atoms with Crippen LogP contribution < -0.4 is 0 Å². The average Bonchev–Trinajstić information content (AvgIpc) is 2.40. The third kappa shape index (κ3) is 5.43. The van der Waals surface area contributed by atoms with Crippen molar-refractivity contribution in [1.82, 2.24) is 20.4 Å². The van der Waals surface area contributed by atoms with Crippen molar-refractivity contribution in [2.75, 3.05) is 0 Å². The van der Waals surface area contributed by atoms with Crippen LogP contribution in [0.5, 0.6) is 0 Å². The van der Waals surface area contributed by atoms with E-state index in [4.69, 9.17) is 0 Å². The number of aryl methyl sites for hydroxylation is 2. The van der Waals surface area contributed by atoms with Gasteiger partial charge in [-0.1, -0.05) is 27.7 Å². The van der Waals surface area contributed by atoms with Crippen LogP contribution in [0.25, 0.3) is 0 Å². The summed E-state index contributed by atoms with van der Waals surface area (Å²) < 4.78 is 0. The van der Waals surface area contributed by atoms with E-state index < -0.39 is 0 Å². The van der Waals surface area contributed by atoms with Crippen LogP contribution in [0, 0.1) is 13.8 Å². The van der Waals surface area contributed by atoms with E-state index in [1.54, 1.807) is 0 Å². The lowest BCUT2D eigenvalue weighted by Gasteiger charge is -2.00. The first-order valence-corrected chi connectivity index (χ1v) is 7.00. The predicted molar refractivity (Wildman–Crippen MR) is 81.7 cm³/mol. The summed E-state index contributed by atoms with van der Waals surface area (Å²) in [4.78, 5) is 0. The molecular weight excluding hydrogens is 248 g/mol. The summed E-state index contributed by atoms with van der Waals surface area (Å²) in [6, 6.07) is 8.02. The second-order valence-electron chi connectivity index (χ2n) is 5.51. The van der Waals surface area contributed by atoms with Crippen LogP contribution in [0.1, 0.15) is 62.3 Å². The summed E-state index contributed by atoms with van der Waals surface area (Å²) in [5.41, 5.74) is 4.07. The Balaban J connectivity index is 0.000000200. The fourth-order valence-corrected chi connectivity index (χ4v) is 1.43. The van der Waals surface area contributed by atoms with Gasteiger partial charge in [0.1, 0.15) is 0 Å². The summed E-state index contributed by atoms with van der Waals surface area (Å²) in [6.45, 7) is 12.3. The molecule has 0 amide bonds. The predicted octanol–water partition coefficient (Wildman–Crippen LogP) is 3.82. The molecule has 0 N–H and O–H groups in total. The van der Waals surface area contributed by atoms with E-state index in [2.05, 4.69) is 48.1 Å². The summed E-state index contributed by atoms with van der Waals surface area (Å²) in [6.07, 6.45) is 0. The summed E-state index contributed by atoms with van der Waals surface area (Å²) in [7, 11) is 0. The SMILES string of the molecule is Cc1ccc(C(C)C)nn1.Cc1ccc(C(C)C)nn1. The maximum absolute atomic E-state index is 4.03. The molecule has 2 heterocycles. The van der Waals surface area contributed by atoms with Gasteiger partial charge in [0.15, 0.2) is 0 Å². The van der Waals surface area contributed by atoms with Crippen molar-refractivity contribution in [2.45, 2.75) is 53.4 Å². The number of aromatic nitrogens is 4. The smallest absolute Gasteiger partial charge is 0.0656 e. The quantitative estimate of drug-likeness (QED) is 0.834. The second-order valence-corrected chi connectivity index (χ2v) is 5.51. The highest BCUT2D eigenvalue weighted by atomic mass is 15.1. The fraction of sp³-hybridized carbons (Fsp3) is 0.500. The topological polar surface area (TPSA) is 51.6 Å². The van der Waals surface area contributed by atoms with Crippen molar-refractivity contribution in [2.24, 2.45) is 0 Å². The Morgan fingerprint density at radius 3 is 1.15 bits per heavy atom. The van der Waals surface area contributed by atoms with E-state index in [-0.39, 0.29) is 0 Å². The van der Waals surface area contributed by atoms with Gasteiger partial charge in [0.25, 0.3) is 0 Å². The van der Waals surface area contributed by atoms with Crippen molar-refractivity contribution in [3.8, 4) is 0 Å². The van der Waals surface area contributed by atoms with Gasteiger partial charge in [-0.25, -0.2) is 0 Å². The van der Waals surface area contributed by atoms with Crippen LogP contribution in [0.2, 0.25) is 0 Å². The zero-order chi connectivity index (χ0) is 15.1. The van der Waals surface area contributed by atoms with Gasteiger partial charge in [-0.2, -0.15) is 20.4 Å². The van der Waals surface area contributed by atoms with E-state index in [9.17, 15) is 0 Å². The van der Waals surface area contributed by atoms with Crippen molar-refractivity contribution in [3.05, 3.63) is 47.0 Å². The van der Waals surface area contributed by atoms with E-state index in [0.717, 1.165) is 22.8 Å². The number of rotatable bonds is 2. The van der Waals surface area contributed by atoms with Crippen molar-refractivity contribution < 1.29 is 0 Å². The van der Waals surface area contributed by atoms with Gasteiger partial charge in [0.05, 0.1) is 22.8 Å². The molecule has 0 aliphatic carbocycles. The average molecular weight is 272 g/mol. The van der Waals surface area contributed by atoms with Crippen LogP contribution in [0.15, 0.2) is 24.3 Å². The Labute approximate surface area is 121 Å². The van der Waals surface area contributed by atoms with Gasteiger partial charge in [-0.05, 0) is 49.9 Å². The van der Waals surface area contributed by atoms with Crippen molar-refractivity contribution in [1.29, 1.82) is 0 Å². The molecule has 0 aliphatic heterocycles. The minimum atomic E-state index is 0.480. The van der Waals surface area contributed by atoms with Crippen LogP contribution in [0.3, 0.4) is 0 Å². The molecule has 0 unspecified atom stereocenters. The van der Waals surface area contributed by atoms with Gasteiger partial charge >= 0.3 is 0 Å². The van der Waals surface area contributed by atoms with Gasteiger partial charge in [0.2, 0.25) is 0 Å². The van der Waals surface area contributed by atoms with Gasteiger partial charge in [-0.3, -0.25) is 0 Å². The minimum Gasteiger partial charge on any atom is -0.156 e. The van der Waals surface area contributed by atoms with Gasteiger partial charge in [-0.15, -0.1) is 0 Å². The molecule has 20 heavy (non-hydrogen) atoms. The molecule has 0 aromatic carbocycles. The van der Waals surface area contributed by atoms with Crippen LogP contribution in [-0.2, 0) is 0 Å². The molecule has 0 fully saturated rings. The molecule has 0 atom stereocenters. The second kappa shape index (κ2) is 7.68. The normalized spacial score (nSPS) is 10.4. The lowest BCUT2D eigenvalue weighted by atomic mass is 10.1. The Morgan fingerprint density at radius 1 is 0.600 bits per heavy atom. The molecule has 2 rings (SSSR count). The zero-order valence-corrected chi connectivity index (χ0v) is 13.3. The zero-order valence-electron chi connectivity index (χ0n) is 13.3. The molecule has 0 saturated heterocycles. The van der Waals surface area contributed by atoms with Gasteiger partial charge < -0.3 is 0 Å². The maximum Gasteiger partial charge on any atom is 0.0656 e. The lowest BCUT2D eigenvalue weighted by molar-refractivity contribution is 0.777. The molecule has 4 heteroatoms. The molecule has 0 saturated carbocycles. The Bertz CT molecular complexity index is 452. The van der Waals surface area contributed by atoms with Crippen LogP contribution in [0.4, 0.5) is 0 Å². The molecule has 0 radical (unpaired) electrons. The Morgan fingerprint density at radius 2 is 0.950 bits per heavy atom. The molecule has 108 valence electrons. The molecule has 0 bridgehead atoms. The number of hydrogen-bond donors (Lipinski definition) is 0. The van der Waals surface area contributed by atoms with E-state index in [0.29, 0.717) is 11.8 Å². The Hall–Kier alpha value is -1.84. The van der Waals surface area contributed by atoms with E-state index in [1.165, 1.54) is 0 Å². The fourth-order valence-electron chi connectivity index (χ4n) is 1.43. The monoisotopic (exact) mass is 272 g/mol. The highest BCUT2D eigenvalue weighted by Crippen LogP contribution is 2.09. The molecule has 2 aromatic heterocycles. The summed E-state index contributed by atoms with van der Waals surface area (Å²) >= 11 is 0. The van der Waals surface area contributed by atoms with Crippen molar-refractivity contribution >= 4 is 0 Å². The first kappa shape index (κ1) is 16.2. The molecule has 4 nitrogen and oxygen atoms in total. The molecule has 0 aliphatic rings. The first-order valence-electron chi connectivity index (χ1n) is 7.00. The lowest BCUT2D eigenvalue weighted by Crippen LogP contribution is -1.95. The van der Waals surface area contributed by atoms with E-state index in [1.807, 2.05) is 38.1 Å². The molecule has 2 aromatic rings. The third-order valence-electron chi connectivity index (χ3n) is 2.82. The highest BCUT2D eigenvalue weighted by molar-refractivity contribution is 5.08. The highest BCUT2D eigenvalue weighted by Gasteiger charge is 1.99. The number of hydrogen-bond acceptors (Lipinski definition) is 4. The van der Waals surface area contributed by atoms with E-state index >= 15 is 0 Å². The van der Waals surface area contributed by atoms with Gasteiger partial charge in [0, 0.05) is 0 Å². The Kier molecular flexibility index (Phi) is 6.22. The first-order chi connectivity index (χ1) is 9.40. The summed E-state index contributed by atoms with van der Waals surface area (Å²) in [5, 5.41) is 16.0. The molecular formula is C16H24N4. The molecule has 0 spiro atoms. The third-order valence-corrected chi connectivity index (χ3v) is 2.82. The maximum atomic E-state index is 4.03. The van der Waals surface area contributed by atoms with Crippen molar-refractivity contribution in [3.63, 3.8) is 0 Å². The van der Waals surface area contributed by atoms with Crippen LogP contribution >= 0.6 is 0 Å². The minimum absolute atomic E-state index is 0.480. The largest absolute Gasteiger partial charge is 0.156 e. The number of nitrogens with zero attached hydrogens (tertiary/aromatic N) is 4.